The summed E-state index contributed by atoms with van der Waals surface area (Å²) >= 11 is 0. The zero-order valence-electron chi connectivity index (χ0n) is 38.8. The van der Waals surface area contributed by atoms with Crippen LogP contribution >= 0.6 is 0 Å². The molecule has 5 aromatic rings. The predicted octanol–water partition coefficient (Wildman–Crippen LogP) is 4.89. The molecule has 5 amide bonds. The number of hydrogen-bond donors (Lipinski definition) is 2. The number of hydrogen-bond acceptors (Lipinski definition) is 12. The van der Waals surface area contributed by atoms with Gasteiger partial charge >= 0.3 is 0 Å². The minimum atomic E-state index is -1.02. The van der Waals surface area contributed by atoms with Gasteiger partial charge < -0.3 is 19.7 Å². The van der Waals surface area contributed by atoms with Crippen molar-refractivity contribution >= 4 is 47.5 Å². The van der Waals surface area contributed by atoms with Crippen LogP contribution in [-0.4, -0.2) is 106 Å². The number of pyridine rings is 1. The molecule has 0 bridgehead atoms. The molecule has 3 aromatic carbocycles. The van der Waals surface area contributed by atoms with E-state index in [4.69, 9.17) is 19.4 Å². The minimum Gasteiger partial charge on any atom is -0.493 e. The van der Waals surface area contributed by atoms with Crippen molar-refractivity contribution in [3.8, 4) is 34.7 Å². The van der Waals surface area contributed by atoms with E-state index in [1.165, 1.54) is 0 Å². The highest BCUT2D eigenvalue weighted by Gasteiger charge is 2.46. The highest BCUT2D eigenvalue weighted by Crippen LogP contribution is 2.34. The number of amides is 5. The van der Waals surface area contributed by atoms with Crippen LogP contribution < -0.4 is 30.7 Å². The fourth-order valence-electron chi connectivity index (χ4n) is 8.56. The lowest BCUT2D eigenvalue weighted by molar-refractivity contribution is -0.136. The van der Waals surface area contributed by atoms with E-state index in [0.717, 1.165) is 80.8 Å². The minimum absolute atomic E-state index is 0.0525. The number of carbonyl (C=O) groups excluding carboxylic acids is 5. The van der Waals surface area contributed by atoms with Gasteiger partial charge in [0.1, 0.15) is 30.0 Å². The number of ether oxygens (including phenoxy) is 2. The quantitative estimate of drug-likeness (QED) is 0.0828. The Morgan fingerprint density at radius 3 is 2.50 bits per heavy atom. The molecule has 15 nitrogen and oxygen atoms in total. The first-order valence-corrected chi connectivity index (χ1v) is 23.0. The molecule has 1 saturated heterocycles. The molecule has 2 N–H and O–H groups in total. The second kappa shape index (κ2) is 21.3. The van der Waals surface area contributed by atoms with Crippen molar-refractivity contribution in [1.29, 1.82) is 0 Å². The third-order valence-electron chi connectivity index (χ3n) is 12.3. The number of anilines is 1. The number of unbranched alkanes of at least 4 members (excludes halogenated alkanes) is 2. The Labute approximate surface area is 395 Å². The van der Waals surface area contributed by atoms with Crippen molar-refractivity contribution in [3.05, 3.63) is 129 Å². The molecule has 0 radical (unpaired) electrons. The Morgan fingerprint density at radius 1 is 0.941 bits per heavy atom. The van der Waals surface area contributed by atoms with Crippen LogP contribution in [-0.2, 0) is 29.2 Å². The molecule has 2 aromatic heterocycles. The van der Waals surface area contributed by atoms with Crippen molar-refractivity contribution < 1.29 is 33.4 Å². The fraction of sp³-hybridized carbons (Fsp3) is 0.321. The molecule has 0 aliphatic carbocycles. The van der Waals surface area contributed by atoms with E-state index in [1.807, 2.05) is 99.6 Å². The molecular weight excluding hydrogens is 861 g/mol. The SMILES string of the molecule is C/C=c1/cc(-c2nc3c(c(NC)n2)CCN(C(=O)c2ccc(COc4ccc(C#CCN(C)CCCCCOc5cccc6c5C(=O)N(C5CCC(=O)NC5=O)C6=O)cc4)cc2)C3)cn/c1=C/C. The molecule has 1 fully saturated rings. The number of nitrogens with one attached hydrogen (secondary N) is 2. The van der Waals surface area contributed by atoms with Crippen molar-refractivity contribution in [3.63, 3.8) is 0 Å². The summed E-state index contributed by atoms with van der Waals surface area (Å²) in [6, 6.07) is 21.1. The van der Waals surface area contributed by atoms with Crippen molar-refractivity contribution in [2.45, 2.75) is 71.6 Å². The number of nitrogens with zero attached hydrogens (tertiary/aromatic N) is 6. The molecule has 1 atom stereocenters. The van der Waals surface area contributed by atoms with Gasteiger partial charge in [0.15, 0.2) is 5.82 Å². The van der Waals surface area contributed by atoms with Gasteiger partial charge in [-0.1, -0.05) is 42.2 Å². The topological polar surface area (TPSA) is 176 Å². The fourth-order valence-corrected chi connectivity index (χ4v) is 8.56. The van der Waals surface area contributed by atoms with E-state index in [-0.39, 0.29) is 29.9 Å². The lowest BCUT2D eigenvalue weighted by Gasteiger charge is -2.29. The summed E-state index contributed by atoms with van der Waals surface area (Å²) in [7, 11) is 3.88. The zero-order chi connectivity index (χ0) is 47.7. The van der Waals surface area contributed by atoms with Crippen LogP contribution in [0.5, 0.6) is 11.5 Å². The van der Waals surface area contributed by atoms with E-state index < -0.39 is 29.7 Å². The van der Waals surface area contributed by atoms with Crippen LogP contribution in [0, 0.1) is 11.8 Å². The lowest BCUT2D eigenvalue weighted by atomic mass is 10.0. The summed E-state index contributed by atoms with van der Waals surface area (Å²) in [5.41, 5.74) is 5.47. The molecular formula is C53H54N8O7. The number of rotatable bonds is 15. The van der Waals surface area contributed by atoms with Crippen molar-refractivity contribution in [2.75, 3.05) is 45.7 Å². The molecule has 68 heavy (non-hydrogen) atoms. The Kier molecular flexibility index (Phi) is 14.7. The highest BCUT2D eigenvalue weighted by molar-refractivity contribution is 6.24. The van der Waals surface area contributed by atoms with E-state index in [9.17, 15) is 24.0 Å². The van der Waals surface area contributed by atoms with Crippen molar-refractivity contribution in [1.82, 2.24) is 35.0 Å². The average molecular weight is 915 g/mol. The Morgan fingerprint density at radius 2 is 1.75 bits per heavy atom. The maximum Gasteiger partial charge on any atom is 0.266 e. The first kappa shape index (κ1) is 46.8. The molecule has 15 heteroatoms. The second-order valence-corrected chi connectivity index (χ2v) is 16.9. The normalized spacial score (nSPS) is 16.0. The van der Waals surface area contributed by atoms with Gasteiger partial charge in [-0.3, -0.25) is 44.1 Å². The van der Waals surface area contributed by atoms with Gasteiger partial charge in [0.05, 0.1) is 41.9 Å². The summed E-state index contributed by atoms with van der Waals surface area (Å²) in [5.74, 6) is 6.59. The monoisotopic (exact) mass is 914 g/mol. The number of fused-ring (bicyclic) bond motifs is 2. The number of imide groups is 2. The molecule has 3 aliphatic heterocycles. The maximum atomic E-state index is 13.7. The van der Waals surface area contributed by atoms with Gasteiger partial charge in [-0.2, -0.15) is 0 Å². The molecule has 1 unspecified atom stereocenters. The average Bonchev–Trinajstić information content (AvgIpc) is 3.62. The highest BCUT2D eigenvalue weighted by atomic mass is 16.5. The van der Waals surface area contributed by atoms with Crippen LogP contribution in [0.2, 0.25) is 0 Å². The van der Waals surface area contributed by atoms with Crippen LogP contribution in [0.4, 0.5) is 5.82 Å². The van der Waals surface area contributed by atoms with Crippen molar-refractivity contribution in [2.24, 2.45) is 0 Å². The molecule has 8 rings (SSSR count). The zero-order valence-corrected chi connectivity index (χ0v) is 38.8. The van der Waals surface area contributed by atoms with Gasteiger partial charge in [0.25, 0.3) is 17.7 Å². The standard InChI is InChI=1S/C53H54N8O7/c1-5-36-30-38(31-55-42(36)6-2)48-56-43-32-60(28-25-40(43)49(54-3)58-48)51(64)37-19-15-35(16-20-37)33-68-39-21-17-34(18-22-39)12-11-27-59(4)26-8-7-9-29-67-45-14-10-13-41-47(45)53(66)61(52(41)65)44-23-24-46(62)57-50(44)63/h5-6,10,13-22,30-31,44H,7-9,23-29,32-33H2,1-4H3,(H,54,56,58)(H,57,62,63)/b36-5-,42-6+. The first-order chi connectivity index (χ1) is 33.0. The smallest absolute Gasteiger partial charge is 0.266 e. The van der Waals surface area contributed by atoms with Gasteiger partial charge in [0.2, 0.25) is 11.8 Å². The molecule has 5 heterocycles. The maximum absolute atomic E-state index is 13.7. The number of piperidine rings is 1. The number of benzene rings is 3. The summed E-state index contributed by atoms with van der Waals surface area (Å²) in [5, 5.41) is 7.36. The molecule has 0 saturated carbocycles. The third kappa shape index (κ3) is 10.5. The van der Waals surface area contributed by atoms with E-state index in [0.29, 0.717) is 56.4 Å². The summed E-state index contributed by atoms with van der Waals surface area (Å²) in [6.07, 6.45) is 9.16. The molecule has 0 spiro atoms. The van der Waals surface area contributed by atoms with Gasteiger partial charge in [0, 0.05) is 48.5 Å². The van der Waals surface area contributed by atoms with Crippen LogP contribution in [0.3, 0.4) is 0 Å². The summed E-state index contributed by atoms with van der Waals surface area (Å²) in [6.45, 7) is 7.06. The third-order valence-corrected chi connectivity index (χ3v) is 12.3. The second-order valence-electron chi connectivity index (χ2n) is 16.9. The molecule has 348 valence electrons. The van der Waals surface area contributed by atoms with Gasteiger partial charge in [-0.05, 0) is 125 Å². The van der Waals surface area contributed by atoms with Crippen LogP contribution in [0.1, 0.15) is 99.4 Å². The Balaban J connectivity index is 0.749. The van der Waals surface area contributed by atoms with Crippen LogP contribution in [0.25, 0.3) is 23.5 Å². The largest absolute Gasteiger partial charge is 0.493 e. The van der Waals surface area contributed by atoms with E-state index in [2.05, 4.69) is 32.4 Å². The summed E-state index contributed by atoms with van der Waals surface area (Å²) < 4.78 is 12.0. The predicted molar refractivity (Wildman–Crippen MR) is 257 cm³/mol. The molecule has 3 aliphatic rings. The summed E-state index contributed by atoms with van der Waals surface area (Å²) in [4.78, 5) is 83.4. The number of carbonyl (C=O) groups is 5. The Bertz CT molecular complexity index is 2940. The van der Waals surface area contributed by atoms with Crippen LogP contribution in [0.15, 0.2) is 79.0 Å². The lowest BCUT2D eigenvalue weighted by Crippen LogP contribution is -2.54. The first-order valence-electron chi connectivity index (χ1n) is 23.0. The van der Waals surface area contributed by atoms with Gasteiger partial charge in [-0.15, -0.1) is 0 Å². The van der Waals surface area contributed by atoms with E-state index >= 15 is 0 Å². The van der Waals surface area contributed by atoms with E-state index in [1.54, 1.807) is 24.4 Å². The number of aromatic nitrogens is 3. The Hall–Kier alpha value is -7.70. The van der Waals surface area contributed by atoms with Gasteiger partial charge in [-0.25, -0.2) is 9.97 Å².